The van der Waals surface area contributed by atoms with E-state index >= 15 is 0 Å². The number of hydrogen-bond acceptors (Lipinski definition) is 3. The Bertz CT molecular complexity index is 501. The molecule has 6 nitrogen and oxygen atoms in total. The van der Waals surface area contributed by atoms with Crippen molar-refractivity contribution in [3.8, 4) is 0 Å². The van der Waals surface area contributed by atoms with Gasteiger partial charge in [0.25, 0.3) is 0 Å². The number of carbonyl (C=O) groups excluding carboxylic acids is 1. The van der Waals surface area contributed by atoms with E-state index in [9.17, 15) is 4.79 Å². The highest BCUT2D eigenvalue weighted by molar-refractivity contribution is 5.80. The highest BCUT2D eigenvalue weighted by atomic mass is 16.6. The van der Waals surface area contributed by atoms with E-state index in [0.29, 0.717) is 11.8 Å². The minimum absolute atomic E-state index is 0.146. The number of guanidine groups is 1. The number of rotatable bonds is 6. The average molecular weight is 381 g/mol. The summed E-state index contributed by atoms with van der Waals surface area (Å²) in [6.07, 6.45) is 5.42. The lowest BCUT2D eigenvalue weighted by Gasteiger charge is -2.40. The first-order valence-electron chi connectivity index (χ1n) is 10.6. The monoisotopic (exact) mass is 380 g/mol. The molecular formula is C21H40N4O2. The van der Waals surface area contributed by atoms with Crippen molar-refractivity contribution in [2.75, 3.05) is 33.2 Å². The molecule has 2 rings (SSSR count). The number of ether oxygens (including phenoxy) is 1. The molecule has 1 aliphatic heterocycles. The molecular weight excluding hydrogens is 340 g/mol. The highest BCUT2D eigenvalue weighted by Gasteiger charge is 2.35. The van der Waals surface area contributed by atoms with Crippen molar-refractivity contribution in [3.05, 3.63) is 0 Å². The van der Waals surface area contributed by atoms with Gasteiger partial charge in [0.2, 0.25) is 0 Å². The predicted octanol–water partition coefficient (Wildman–Crippen LogP) is 3.72. The van der Waals surface area contributed by atoms with E-state index in [2.05, 4.69) is 29.1 Å². The molecule has 0 aromatic carbocycles. The standard InChI is InChI=1S/C21H40N4O2/c1-16(2)9-12-23-19(22-6)24-13-10-18(11-14-24)25(15-17-7-8-17)20(26)27-21(3,4)5/h16-18H,7-15H2,1-6H3,(H,22,23). The lowest BCUT2D eigenvalue weighted by atomic mass is 10.0. The van der Waals surface area contributed by atoms with Gasteiger partial charge >= 0.3 is 6.09 Å². The summed E-state index contributed by atoms with van der Waals surface area (Å²) < 4.78 is 5.69. The maximum absolute atomic E-state index is 12.8. The van der Waals surface area contributed by atoms with Crippen LogP contribution in [0.15, 0.2) is 4.99 Å². The summed E-state index contributed by atoms with van der Waals surface area (Å²) in [7, 11) is 1.85. The van der Waals surface area contributed by atoms with E-state index in [1.807, 2.05) is 32.7 Å². The van der Waals surface area contributed by atoms with E-state index in [1.54, 1.807) is 0 Å². The Balaban J connectivity index is 1.89. The van der Waals surface area contributed by atoms with Crippen LogP contribution >= 0.6 is 0 Å². The number of likely N-dealkylation sites (tertiary alicyclic amines) is 1. The van der Waals surface area contributed by atoms with Gasteiger partial charge in [-0.1, -0.05) is 13.8 Å². The Kier molecular flexibility index (Phi) is 7.80. The van der Waals surface area contributed by atoms with Crippen molar-refractivity contribution in [1.82, 2.24) is 15.1 Å². The van der Waals surface area contributed by atoms with Crippen molar-refractivity contribution < 1.29 is 9.53 Å². The molecule has 27 heavy (non-hydrogen) atoms. The van der Waals surface area contributed by atoms with Gasteiger partial charge < -0.3 is 19.9 Å². The SMILES string of the molecule is CN=C(NCCC(C)C)N1CCC(N(CC2CC2)C(=O)OC(C)(C)C)CC1. The molecule has 1 saturated carbocycles. The predicted molar refractivity (Wildman–Crippen MR) is 111 cm³/mol. The third-order valence-corrected chi connectivity index (χ3v) is 5.20. The molecule has 0 spiro atoms. The summed E-state index contributed by atoms with van der Waals surface area (Å²) in [6, 6.07) is 0.269. The van der Waals surface area contributed by atoms with Gasteiger partial charge in [0.15, 0.2) is 5.96 Å². The van der Waals surface area contributed by atoms with E-state index in [1.165, 1.54) is 12.8 Å². The molecule has 1 aliphatic carbocycles. The van der Waals surface area contributed by atoms with E-state index in [0.717, 1.165) is 51.4 Å². The minimum atomic E-state index is -0.443. The van der Waals surface area contributed by atoms with Gasteiger partial charge in [0.1, 0.15) is 5.60 Å². The summed E-state index contributed by atoms with van der Waals surface area (Å²) in [5.74, 6) is 2.34. The fraction of sp³-hybridized carbons (Fsp3) is 0.905. The second-order valence-electron chi connectivity index (χ2n) is 9.45. The molecule has 1 heterocycles. The lowest BCUT2D eigenvalue weighted by Crippen LogP contribution is -2.52. The summed E-state index contributed by atoms with van der Waals surface area (Å²) >= 11 is 0. The number of nitrogens with one attached hydrogen (secondary N) is 1. The quantitative estimate of drug-likeness (QED) is 0.564. The van der Waals surface area contributed by atoms with Crippen LogP contribution in [-0.2, 0) is 4.74 Å². The Hall–Kier alpha value is -1.46. The molecule has 2 aliphatic rings. The maximum atomic E-state index is 12.8. The van der Waals surface area contributed by atoms with Gasteiger partial charge in [-0.25, -0.2) is 4.79 Å². The van der Waals surface area contributed by atoms with Crippen LogP contribution in [0, 0.1) is 11.8 Å². The third kappa shape index (κ3) is 7.59. The van der Waals surface area contributed by atoms with Crippen LogP contribution in [0.25, 0.3) is 0 Å². The van der Waals surface area contributed by atoms with Crippen molar-refractivity contribution in [2.24, 2.45) is 16.8 Å². The normalized spacial score (nSPS) is 19.4. The van der Waals surface area contributed by atoms with E-state index in [4.69, 9.17) is 4.74 Å². The topological polar surface area (TPSA) is 57.2 Å². The van der Waals surface area contributed by atoms with Crippen LogP contribution in [0.5, 0.6) is 0 Å². The van der Waals surface area contributed by atoms with Crippen LogP contribution < -0.4 is 5.32 Å². The van der Waals surface area contributed by atoms with Crippen molar-refractivity contribution in [1.29, 1.82) is 0 Å². The van der Waals surface area contributed by atoms with Crippen LogP contribution in [-0.4, -0.2) is 66.7 Å². The summed E-state index contributed by atoms with van der Waals surface area (Å²) in [5, 5.41) is 3.48. The second kappa shape index (κ2) is 9.65. The van der Waals surface area contributed by atoms with Gasteiger partial charge in [-0.15, -0.1) is 0 Å². The van der Waals surface area contributed by atoms with Crippen molar-refractivity contribution in [3.63, 3.8) is 0 Å². The molecule has 0 atom stereocenters. The summed E-state index contributed by atoms with van der Waals surface area (Å²) in [5.41, 5.74) is -0.443. The number of aliphatic imine (C=N–C) groups is 1. The molecule has 156 valence electrons. The molecule has 1 N–H and O–H groups in total. The van der Waals surface area contributed by atoms with E-state index in [-0.39, 0.29) is 12.1 Å². The molecule has 0 bridgehead atoms. The molecule has 0 aromatic heterocycles. The molecule has 0 unspecified atom stereocenters. The number of piperidine rings is 1. The zero-order valence-corrected chi connectivity index (χ0v) is 18.3. The zero-order chi connectivity index (χ0) is 20.0. The number of carbonyl (C=O) groups is 1. The van der Waals surface area contributed by atoms with Gasteiger partial charge in [-0.05, 0) is 64.7 Å². The first-order chi connectivity index (χ1) is 12.7. The van der Waals surface area contributed by atoms with Crippen LogP contribution in [0.4, 0.5) is 4.79 Å². The van der Waals surface area contributed by atoms with Gasteiger partial charge in [0.05, 0.1) is 0 Å². The first kappa shape index (κ1) is 21.8. The van der Waals surface area contributed by atoms with Gasteiger partial charge in [0, 0.05) is 39.3 Å². The van der Waals surface area contributed by atoms with E-state index < -0.39 is 5.60 Å². The first-order valence-corrected chi connectivity index (χ1v) is 10.6. The maximum Gasteiger partial charge on any atom is 0.410 e. The largest absolute Gasteiger partial charge is 0.444 e. The number of hydrogen-bond donors (Lipinski definition) is 1. The van der Waals surface area contributed by atoms with Crippen LogP contribution in [0.3, 0.4) is 0 Å². The zero-order valence-electron chi connectivity index (χ0n) is 18.3. The van der Waals surface area contributed by atoms with Crippen molar-refractivity contribution in [2.45, 2.75) is 78.4 Å². The van der Waals surface area contributed by atoms with Crippen LogP contribution in [0.2, 0.25) is 0 Å². The second-order valence-corrected chi connectivity index (χ2v) is 9.45. The highest BCUT2D eigenvalue weighted by Crippen LogP contribution is 2.32. The van der Waals surface area contributed by atoms with Crippen molar-refractivity contribution >= 4 is 12.1 Å². The molecule has 0 radical (unpaired) electrons. The Morgan fingerprint density at radius 3 is 2.33 bits per heavy atom. The van der Waals surface area contributed by atoms with Crippen LogP contribution in [0.1, 0.15) is 66.7 Å². The fourth-order valence-electron chi connectivity index (χ4n) is 3.47. The third-order valence-electron chi connectivity index (χ3n) is 5.20. The minimum Gasteiger partial charge on any atom is -0.444 e. The Morgan fingerprint density at radius 2 is 1.85 bits per heavy atom. The summed E-state index contributed by atoms with van der Waals surface area (Å²) in [4.78, 5) is 21.5. The summed E-state index contributed by atoms with van der Waals surface area (Å²) in [6.45, 7) is 14.0. The van der Waals surface area contributed by atoms with Gasteiger partial charge in [-0.2, -0.15) is 0 Å². The fourth-order valence-corrected chi connectivity index (χ4v) is 3.47. The van der Waals surface area contributed by atoms with Gasteiger partial charge in [-0.3, -0.25) is 4.99 Å². The lowest BCUT2D eigenvalue weighted by molar-refractivity contribution is 0.00928. The molecule has 2 fully saturated rings. The Morgan fingerprint density at radius 1 is 1.22 bits per heavy atom. The molecule has 1 saturated heterocycles. The molecule has 1 amide bonds. The smallest absolute Gasteiger partial charge is 0.410 e. The Labute approximate surface area is 165 Å². The number of amides is 1. The average Bonchev–Trinajstić information content (AvgIpc) is 3.39. The molecule has 0 aromatic rings. The number of nitrogens with zero attached hydrogens (tertiary/aromatic N) is 3. The molecule has 6 heteroatoms.